The quantitative estimate of drug-likeness (QED) is 0.871. The Morgan fingerprint density at radius 2 is 2.31 bits per heavy atom. The standard InChI is InChI=1S/C9H14BrNO3S2/c1-7(3-5-14-2)11-16(12,13)9-8(10)4-6-15-9/h4,6-7,11H,3,5H2,1-2H3. The van der Waals surface area contributed by atoms with E-state index in [1.165, 1.54) is 11.3 Å². The summed E-state index contributed by atoms with van der Waals surface area (Å²) in [7, 11) is -1.82. The fourth-order valence-electron chi connectivity index (χ4n) is 1.14. The number of hydrogen-bond donors (Lipinski definition) is 1. The van der Waals surface area contributed by atoms with Crippen molar-refractivity contribution in [3.8, 4) is 0 Å². The Hall–Kier alpha value is 0.0500. The van der Waals surface area contributed by atoms with Crippen molar-refractivity contribution in [3.05, 3.63) is 15.9 Å². The van der Waals surface area contributed by atoms with Crippen molar-refractivity contribution in [2.45, 2.75) is 23.6 Å². The summed E-state index contributed by atoms with van der Waals surface area (Å²) in [6.45, 7) is 2.35. The molecule has 1 heterocycles. The highest BCUT2D eigenvalue weighted by Gasteiger charge is 2.21. The molecule has 7 heteroatoms. The van der Waals surface area contributed by atoms with E-state index in [9.17, 15) is 8.42 Å². The van der Waals surface area contributed by atoms with Gasteiger partial charge < -0.3 is 4.74 Å². The second kappa shape index (κ2) is 6.11. The van der Waals surface area contributed by atoms with E-state index in [-0.39, 0.29) is 6.04 Å². The van der Waals surface area contributed by atoms with E-state index in [4.69, 9.17) is 4.74 Å². The minimum atomic E-state index is -3.41. The highest BCUT2D eigenvalue weighted by Crippen LogP contribution is 2.27. The first-order valence-corrected chi connectivity index (χ1v) is 7.87. The third kappa shape index (κ3) is 3.81. The SMILES string of the molecule is COCCC(C)NS(=O)(=O)c1sccc1Br. The zero-order valence-corrected chi connectivity index (χ0v) is 12.3. The third-order valence-electron chi connectivity index (χ3n) is 1.94. The number of thiophene rings is 1. The second-order valence-corrected chi connectivity index (χ2v) is 7.04. The maximum Gasteiger partial charge on any atom is 0.251 e. The molecule has 0 bridgehead atoms. The topological polar surface area (TPSA) is 55.4 Å². The van der Waals surface area contributed by atoms with Crippen LogP contribution in [0.1, 0.15) is 13.3 Å². The number of sulfonamides is 1. The summed E-state index contributed by atoms with van der Waals surface area (Å²) in [5, 5.41) is 1.73. The Morgan fingerprint density at radius 3 is 2.81 bits per heavy atom. The Balaban J connectivity index is 2.69. The molecule has 1 unspecified atom stereocenters. The van der Waals surface area contributed by atoms with Crippen LogP contribution in [0.25, 0.3) is 0 Å². The Bertz CT molecular complexity index is 430. The molecule has 1 atom stereocenters. The number of ether oxygens (including phenoxy) is 1. The summed E-state index contributed by atoms with van der Waals surface area (Å²) >= 11 is 4.40. The first-order chi connectivity index (χ1) is 7.47. The van der Waals surface area contributed by atoms with Crippen LogP contribution in [-0.2, 0) is 14.8 Å². The molecule has 92 valence electrons. The van der Waals surface area contributed by atoms with Crippen LogP contribution in [0.5, 0.6) is 0 Å². The Labute approximate surface area is 108 Å². The van der Waals surface area contributed by atoms with Crippen LogP contribution in [0, 0.1) is 0 Å². The molecule has 0 aliphatic carbocycles. The molecule has 4 nitrogen and oxygen atoms in total. The number of nitrogens with one attached hydrogen (secondary N) is 1. The predicted molar refractivity (Wildman–Crippen MR) is 68.3 cm³/mol. The number of methoxy groups -OCH3 is 1. The van der Waals surface area contributed by atoms with E-state index in [1.807, 2.05) is 6.92 Å². The zero-order valence-electron chi connectivity index (χ0n) is 9.07. The van der Waals surface area contributed by atoms with Gasteiger partial charge in [0.2, 0.25) is 0 Å². The molecular formula is C9H14BrNO3S2. The van der Waals surface area contributed by atoms with Gasteiger partial charge in [0.1, 0.15) is 4.21 Å². The van der Waals surface area contributed by atoms with Gasteiger partial charge in [0, 0.05) is 24.2 Å². The molecule has 1 aromatic heterocycles. The Kier molecular flexibility index (Phi) is 5.39. The van der Waals surface area contributed by atoms with Crippen molar-refractivity contribution in [1.82, 2.24) is 4.72 Å². The molecule has 0 spiro atoms. The normalized spacial score (nSPS) is 13.9. The lowest BCUT2D eigenvalue weighted by molar-refractivity contribution is 0.188. The fraction of sp³-hybridized carbons (Fsp3) is 0.556. The molecular weight excluding hydrogens is 314 g/mol. The summed E-state index contributed by atoms with van der Waals surface area (Å²) in [4.78, 5) is 0. The highest BCUT2D eigenvalue weighted by atomic mass is 79.9. The molecule has 1 rings (SSSR count). The van der Waals surface area contributed by atoms with Crippen LogP contribution >= 0.6 is 27.3 Å². The number of halogens is 1. The minimum Gasteiger partial charge on any atom is -0.385 e. The minimum absolute atomic E-state index is 0.140. The lowest BCUT2D eigenvalue weighted by atomic mass is 10.3. The predicted octanol–water partition coefficient (Wildman–Crippen LogP) is 2.21. The Morgan fingerprint density at radius 1 is 1.62 bits per heavy atom. The van der Waals surface area contributed by atoms with Gasteiger partial charge in [0.25, 0.3) is 10.0 Å². The molecule has 0 aliphatic rings. The van der Waals surface area contributed by atoms with Crippen LogP contribution in [-0.4, -0.2) is 28.2 Å². The van der Waals surface area contributed by atoms with Crippen molar-refractivity contribution < 1.29 is 13.2 Å². The number of rotatable bonds is 6. The van der Waals surface area contributed by atoms with Crippen molar-refractivity contribution in [1.29, 1.82) is 0 Å². The second-order valence-electron chi connectivity index (χ2n) is 3.36. The maximum absolute atomic E-state index is 11.9. The van der Waals surface area contributed by atoms with Gasteiger partial charge in [-0.1, -0.05) is 0 Å². The lowest BCUT2D eigenvalue weighted by Crippen LogP contribution is -2.33. The summed E-state index contributed by atoms with van der Waals surface area (Å²) in [5.41, 5.74) is 0. The van der Waals surface area contributed by atoms with Gasteiger partial charge in [-0.3, -0.25) is 0 Å². The monoisotopic (exact) mass is 327 g/mol. The van der Waals surface area contributed by atoms with Crippen LogP contribution in [0.4, 0.5) is 0 Å². The van der Waals surface area contributed by atoms with Gasteiger partial charge in [-0.05, 0) is 40.7 Å². The van der Waals surface area contributed by atoms with Gasteiger partial charge in [-0.15, -0.1) is 11.3 Å². The molecule has 1 N–H and O–H groups in total. The average molecular weight is 328 g/mol. The van der Waals surface area contributed by atoms with Crippen molar-refractivity contribution in [2.75, 3.05) is 13.7 Å². The van der Waals surface area contributed by atoms with Crippen molar-refractivity contribution in [3.63, 3.8) is 0 Å². The summed E-state index contributed by atoms with van der Waals surface area (Å²) in [6, 6.07) is 1.58. The van der Waals surface area contributed by atoms with Crippen LogP contribution in [0.15, 0.2) is 20.1 Å². The van der Waals surface area contributed by atoms with Crippen LogP contribution < -0.4 is 4.72 Å². The van der Waals surface area contributed by atoms with Gasteiger partial charge in [-0.2, -0.15) is 0 Å². The van der Waals surface area contributed by atoms with E-state index in [0.29, 0.717) is 21.7 Å². The van der Waals surface area contributed by atoms with Gasteiger partial charge in [0.05, 0.1) is 0 Å². The largest absolute Gasteiger partial charge is 0.385 e. The first kappa shape index (κ1) is 14.1. The summed E-state index contributed by atoms with van der Waals surface area (Å²) < 4.78 is 32.3. The molecule has 16 heavy (non-hydrogen) atoms. The molecule has 0 saturated carbocycles. The molecule has 0 aromatic carbocycles. The van der Waals surface area contributed by atoms with Crippen LogP contribution in [0.2, 0.25) is 0 Å². The summed E-state index contributed by atoms with van der Waals surface area (Å²) in [6.07, 6.45) is 0.652. The zero-order chi connectivity index (χ0) is 12.2. The van der Waals surface area contributed by atoms with E-state index in [0.717, 1.165) is 0 Å². The van der Waals surface area contributed by atoms with Crippen molar-refractivity contribution >= 4 is 37.3 Å². The maximum atomic E-state index is 11.9. The van der Waals surface area contributed by atoms with E-state index >= 15 is 0 Å². The van der Waals surface area contributed by atoms with Gasteiger partial charge >= 0.3 is 0 Å². The lowest BCUT2D eigenvalue weighted by Gasteiger charge is -2.12. The highest BCUT2D eigenvalue weighted by molar-refractivity contribution is 9.10. The molecule has 0 amide bonds. The summed E-state index contributed by atoms with van der Waals surface area (Å²) in [5.74, 6) is 0. The van der Waals surface area contributed by atoms with Crippen molar-refractivity contribution in [2.24, 2.45) is 0 Å². The average Bonchev–Trinajstić information content (AvgIpc) is 2.61. The van der Waals surface area contributed by atoms with E-state index < -0.39 is 10.0 Å². The molecule has 0 saturated heterocycles. The molecule has 0 aliphatic heterocycles. The molecule has 1 aromatic rings. The van der Waals surface area contributed by atoms with Crippen LogP contribution in [0.3, 0.4) is 0 Å². The molecule has 0 radical (unpaired) electrons. The molecule has 0 fully saturated rings. The smallest absolute Gasteiger partial charge is 0.251 e. The third-order valence-corrected chi connectivity index (χ3v) is 6.20. The van der Waals surface area contributed by atoms with E-state index in [2.05, 4.69) is 20.7 Å². The van der Waals surface area contributed by atoms with E-state index in [1.54, 1.807) is 18.6 Å². The fourth-order valence-corrected chi connectivity index (χ4v) is 4.78. The number of hydrogen-bond acceptors (Lipinski definition) is 4. The van der Waals surface area contributed by atoms with Gasteiger partial charge in [0.15, 0.2) is 0 Å². The first-order valence-electron chi connectivity index (χ1n) is 4.71. The van der Waals surface area contributed by atoms with Gasteiger partial charge in [-0.25, -0.2) is 13.1 Å².